The molecular formula is C27H33N3O3. The van der Waals surface area contributed by atoms with E-state index in [1.54, 1.807) is 0 Å². The van der Waals surface area contributed by atoms with E-state index in [4.69, 9.17) is 9.47 Å². The zero-order valence-corrected chi connectivity index (χ0v) is 19.8. The first-order chi connectivity index (χ1) is 16.0. The number of pyridine rings is 1. The molecule has 1 aliphatic heterocycles. The van der Waals surface area contributed by atoms with Gasteiger partial charge in [-0.25, -0.2) is 0 Å². The van der Waals surface area contributed by atoms with Crippen molar-refractivity contribution in [3.63, 3.8) is 0 Å². The van der Waals surface area contributed by atoms with E-state index in [0.717, 1.165) is 66.1 Å². The van der Waals surface area contributed by atoms with Crippen LogP contribution in [0.3, 0.4) is 0 Å². The Morgan fingerprint density at radius 3 is 2.79 bits per heavy atom. The minimum Gasteiger partial charge on any atom is -0.492 e. The van der Waals surface area contributed by atoms with E-state index in [0.29, 0.717) is 24.8 Å². The Balaban J connectivity index is 1.31. The third kappa shape index (κ3) is 6.09. The number of nitrogens with zero attached hydrogens (tertiary/aromatic N) is 2. The van der Waals surface area contributed by atoms with E-state index in [-0.39, 0.29) is 5.91 Å². The van der Waals surface area contributed by atoms with Gasteiger partial charge >= 0.3 is 0 Å². The van der Waals surface area contributed by atoms with E-state index in [2.05, 4.69) is 22.2 Å². The first-order valence-corrected chi connectivity index (χ1v) is 11.7. The van der Waals surface area contributed by atoms with Crippen molar-refractivity contribution in [3.05, 3.63) is 70.9 Å². The fourth-order valence-corrected chi connectivity index (χ4v) is 4.24. The van der Waals surface area contributed by atoms with Crippen LogP contribution in [0, 0.1) is 13.8 Å². The molecule has 4 rings (SSSR count). The van der Waals surface area contributed by atoms with Gasteiger partial charge in [0.2, 0.25) is 0 Å². The predicted octanol–water partition coefficient (Wildman–Crippen LogP) is 4.27. The van der Waals surface area contributed by atoms with E-state index in [9.17, 15) is 4.79 Å². The smallest absolute Gasteiger partial charge is 0.253 e. The highest BCUT2D eigenvalue weighted by Gasteiger charge is 2.18. The maximum atomic E-state index is 12.8. The highest BCUT2D eigenvalue weighted by Crippen LogP contribution is 2.19. The van der Waals surface area contributed by atoms with E-state index in [1.807, 2.05) is 62.4 Å². The summed E-state index contributed by atoms with van der Waals surface area (Å²) in [5.74, 6) is 0.702. The summed E-state index contributed by atoms with van der Waals surface area (Å²) < 4.78 is 11.4. The van der Waals surface area contributed by atoms with Gasteiger partial charge in [-0.2, -0.15) is 0 Å². The number of hydrogen-bond acceptors (Lipinski definition) is 5. The van der Waals surface area contributed by atoms with Gasteiger partial charge in [-0.1, -0.05) is 24.3 Å². The number of ether oxygens (including phenoxy) is 2. The number of carbonyl (C=O) groups excluding carboxylic acids is 1. The van der Waals surface area contributed by atoms with Crippen molar-refractivity contribution < 1.29 is 14.3 Å². The van der Waals surface area contributed by atoms with Crippen LogP contribution < -0.4 is 10.1 Å². The second-order valence-electron chi connectivity index (χ2n) is 8.82. The lowest BCUT2D eigenvalue weighted by Crippen LogP contribution is -2.38. The predicted molar refractivity (Wildman–Crippen MR) is 131 cm³/mol. The molecule has 6 heteroatoms. The molecule has 0 radical (unpaired) electrons. The van der Waals surface area contributed by atoms with Gasteiger partial charge in [0.15, 0.2) is 0 Å². The minimum absolute atomic E-state index is 0.119. The van der Waals surface area contributed by atoms with Crippen molar-refractivity contribution in [2.75, 3.05) is 33.4 Å². The largest absolute Gasteiger partial charge is 0.492 e. The van der Waals surface area contributed by atoms with Crippen LogP contribution in [-0.2, 0) is 11.3 Å². The van der Waals surface area contributed by atoms with Gasteiger partial charge in [0.05, 0.1) is 16.8 Å². The molecule has 1 aromatic heterocycles. The summed E-state index contributed by atoms with van der Waals surface area (Å²) in [4.78, 5) is 19.8. The number of hydrogen-bond donors (Lipinski definition) is 1. The minimum atomic E-state index is -0.119. The first-order valence-electron chi connectivity index (χ1n) is 11.7. The molecule has 0 unspecified atom stereocenters. The second kappa shape index (κ2) is 10.8. The molecule has 3 aromatic rings. The van der Waals surface area contributed by atoms with E-state index in [1.165, 1.54) is 0 Å². The van der Waals surface area contributed by atoms with Gasteiger partial charge in [0.25, 0.3) is 5.91 Å². The van der Waals surface area contributed by atoms with Crippen LogP contribution in [0.25, 0.3) is 10.9 Å². The van der Waals surface area contributed by atoms with Crippen molar-refractivity contribution in [1.82, 2.24) is 15.2 Å². The van der Waals surface area contributed by atoms with Crippen LogP contribution in [0.1, 0.15) is 40.0 Å². The number of amides is 1. The summed E-state index contributed by atoms with van der Waals surface area (Å²) in [5, 5.41) is 3.99. The molecule has 33 heavy (non-hydrogen) atoms. The Kier molecular flexibility index (Phi) is 7.57. The molecule has 1 fully saturated rings. The molecule has 1 N–H and O–H groups in total. The van der Waals surface area contributed by atoms with Gasteiger partial charge < -0.3 is 14.8 Å². The quantitative estimate of drug-likeness (QED) is 0.559. The number of aryl methyl sites for hydroxylation is 2. The Bertz CT molecular complexity index is 1110. The standard InChI is InChI=1S/C27H33N3O3/c1-19-7-8-22-17-25(20(2)29-26(22)15-19)27(31)28-18-21-5-4-6-24(16-21)33-14-11-30(3)23-9-12-32-13-10-23/h4-8,15-17,23H,9-14,18H2,1-3H3,(H,28,31). The Morgan fingerprint density at radius 1 is 1.15 bits per heavy atom. The fraction of sp³-hybridized carbons (Fsp3) is 0.407. The molecule has 0 spiro atoms. The number of benzene rings is 2. The Labute approximate surface area is 195 Å². The number of nitrogens with one attached hydrogen (secondary N) is 1. The maximum Gasteiger partial charge on any atom is 0.253 e. The normalized spacial score (nSPS) is 14.5. The molecule has 174 valence electrons. The number of aromatic nitrogens is 1. The van der Waals surface area contributed by atoms with Crippen molar-refractivity contribution in [3.8, 4) is 5.75 Å². The number of likely N-dealkylation sites (N-methyl/N-ethyl adjacent to an activating group) is 1. The lowest BCUT2D eigenvalue weighted by atomic mass is 10.1. The topological polar surface area (TPSA) is 63.7 Å². The summed E-state index contributed by atoms with van der Waals surface area (Å²) in [7, 11) is 2.15. The highest BCUT2D eigenvalue weighted by atomic mass is 16.5. The Morgan fingerprint density at radius 2 is 1.97 bits per heavy atom. The van der Waals surface area contributed by atoms with Gasteiger partial charge in [-0.15, -0.1) is 0 Å². The molecule has 6 nitrogen and oxygen atoms in total. The van der Waals surface area contributed by atoms with Crippen molar-refractivity contribution in [2.24, 2.45) is 0 Å². The Hall–Kier alpha value is -2.96. The number of rotatable bonds is 8. The molecule has 2 heterocycles. The summed E-state index contributed by atoms with van der Waals surface area (Å²) in [6, 6.07) is 16.5. The third-order valence-electron chi connectivity index (χ3n) is 6.29. The van der Waals surface area contributed by atoms with Crippen LogP contribution in [0.2, 0.25) is 0 Å². The zero-order chi connectivity index (χ0) is 23.2. The van der Waals surface area contributed by atoms with Crippen molar-refractivity contribution >= 4 is 16.8 Å². The molecule has 2 aromatic carbocycles. The lowest BCUT2D eigenvalue weighted by Gasteiger charge is -2.31. The van der Waals surface area contributed by atoms with Gasteiger partial charge in [0, 0.05) is 37.7 Å². The van der Waals surface area contributed by atoms with Gasteiger partial charge in [-0.05, 0) is 69.1 Å². The second-order valence-corrected chi connectivity index (χ2v) is 8.82. The molecule has 1 amide bonds. The molecular weight excluding hydrogens is 414 g/mol. The molecule has 0 saturated carbocycles. The molecule has 0 aliphatic carbocycles. The van der Waals surface area contributed by atoms with Gasteiger partial charge in [-0.3, -0.25) is 14.7 Å². The van der Waals surface area contributed by atoms with Gasteiger partial charge in [0.1, 0.15) is 12.4 Å². The maximum absolute atomic E-state index is 12.8. The van der Waals surface area contributed by atoms with Crippen molar-refractivity contribution in [1.29, 1.82) is 0 Å². The molecule has 1 saturated heterocycles. The van der Waals surface area contributed by atoms with Crippen LogP contribution >= 0.6 is 0 Å². The summed E-state index contributed by atoms with van der Waals surface area (Å²) >= 11 is 0. The zero-order valence-electron chi connectivity index (χ0n) is 19.8. The summed E-state index contributed by atoms with van der Waals surface area (Å²) in [5.41, 5.74) is 4.41. The lowest BCUT2D eigenvalue weighted by molar-refractivity contribution is 0.0392. The first kappa shape index (κ1) is 23.2. The highest BCUT2D eigenvalue weighted by molar-refractivity contribution is 5.98. The SMILES string of the molecule is Cc1ccc2cc(C(=O)NCc3cccc(OCCN(C)C4CCOCC4)c3)c(C)nc2c1. The number of carbonyl (C=O) groups is 1. The molecule has 0 atom stereocenters. The van der Waals surface area contributed by atoms with Crippen LogP contribution in [0.4, 0.5) is 0 Å². The van der Waals surface area contributed by atoms with Crippen LogP contribution in [-0.4, -0.2) is 55.2 Å². The van der Waals surface area contributed by atoms with Crippen LogP contribution in [0.5, 0.6) is 5.75 Å². The van der Waals surface area contributed by atoms with E-state index < -0.39 is 0 Å². The summed E-state index contributed by atoms with van der Waals surface area (Å²) in [6.07, 6.45) is 2.16. The number of fused-ring (bicyclic) bond motifs is 1. The summed E-state index contributed by atoms with van der Waals surface area (Å²) in [6.45, 7) is 7.55. The average Bonchev–Trinajstić information content (AvgIpc) is 2.83. The molecule has 0 bridgehead atoms. The van der Waals surface area contributed by atoms with Crippen molar-refractivity contribution in [2.45, 2.75) is 39.3 Å². The monoisotopic (exact) mass is 447 g/mol. The fourth-order valence-electron chi connectivity index (χ4n) is 4.24. The third-order valence-corrected chi connectivity index (χ3v) is 6.29. The average molecular weight is 448 g/mol. The van der Waals surface area contributed by atoms with Crippen LogP contribution in [0.15, 0.2) is 48.5 Å². The molecule has 1 aliphatic rings. The van der Waals surface area contributed by atoms with E-state index >= 15 is 0 Å².